The van der Waals surface area contributed by atoms with Crippen LogP contribution >= 0.6 is 0 Å². The molecule has 0 aromatic heterocycles. The Kier molecular flexibility index (Phi) is 2.58. The summed E-state index contributed by atoms with van der Waals surface area (Å²) < 4.78 is 0. The number of hydroxylamine groups is 1. The quantitative estimate of drug-likeness (QED) is 0.516. The summed E-state index contributed by atoms with van der Waals surface area (Å²) in [6, 6.07) is 3.58. The van der Waals surface area contributed by atoms with Crippen LogP contribution in [0.15, 0.2) is 17.2 Å². The van der Waals surface area contributed by atoms with Crippen LogP contribution in [0.25, 0.3) is 0 Å². The van der Waals surface area contributed by atoms with Crippen LogP contribution in [0.5, 0.6) is 0 Å². The summed E-state index contributed by atoms with van der Waals surface area (Å²) in [6.45, 7) is 4.67. The first-order valence-corrected chi connectivity index (χ1v) is 5.91. The van der Waals surface area contributed by atoms with Crippen LogP contribution < -0.4 is 16.0 Å². The molecule has 2 aliphatic heterocycles. The van der Waals surface area contributed by atoms with Crippen molar-refractivity contribution in [2.75, 3.05) is 6.54 Å². The standard InChI is InChI=1S/C11H15N5O2/c1-2-14-5-7-3-9-10(4-8(7)6-14)16(18)13-11(12)15(9)17/h3-4,15-16H,2,5-6H2,1H3,(H2,12,13). The predicted molar refractivity (Wildman–Crippen MR) is 65.8 cm³/mol. The fraction of sp³-hybridized carbons (Fsp3) is 0.364. The maximum atomic E-state index is 11.9. The monoisotopic (exact) mass is 249 g/mol. The Morgan fingerprint density at radius 2 is 1.89 bits per heavy atom. The summed E-state index contributed by atoms with van der Waals surface area (Å²) in [7, 11) is 0. The lowest BCUT2D eigenvalue weighted by Crippen LogP contribution is -3.14. The maximum Gasteiger partial charge on any atom is 0.351 e. The minimum atomic E-state index is -0.417. The molecular formula is C11H15N5O2. The summed E-state index contributed by atoms with van der Waals surface area (Å²) in [5.74, 6) is -0.210. The lowest BCUT2D eigenvalue weighted by molar-refractivity contribution is -0.812. The first-order chi connectivity index (χ1) is 8.60. The molecule has 0 radical (unpaired) electrons. The topological polar surface area (TPSA) is 96.6 Å². The molecule has 0 aliphatic carbocycles. The highest BCUT2D eigenvalue weighted by Gasteiger charge is 2.30. The van der Waals surface area contributed by atoms with Crippen LogP contribution in [-0.2, 0) is 13.1 Å². The Bertz CT molecular complexity index is 530. The molecule has 7 nitrogen and oxygen atoms in total. The highest BCUT2D eigenvalue weighted by atomic mass is 16.5. The molecule has 96 valence electrons. The van der Waals surface area contributed by atoms with Gasteiger partial charge in [0.15, 0.2) is 0 Å². The zero-order valence-corrected chi connectivity index (χ0v) is 10.1. The van der Waals surface area contributed by atoms with Crippen molar-refractivity contribution >= 4 is 17.3 Å². The lowest BCUT2D eigenvalue weighted by atomic mass is 10.1. The average molecular weight is 249 g/mol. The van der Waals surface area contributed by atoms with E-state index in [1.807, 2.05) is 0 Å². The SMILES string of the molecule is CCN1Cc2cc3c(cc2C1)[NH+]([O-])C(N)=N[NH+]3[O-]. The average Bonchev–Trinajstić information content (AvgIpc) is 2.76. The van der Waals surface area contributed by atoms with E-state index in [9.17, 15) is 10.4 Å². The van der Waals surface area contributed by atoms with Crippen LogP contribution in [0, 0.1) is 10.4 Å². The number of nitrogens with zero attached hydrogens (tertiary/aromatic N) is 2. The molecule has 0 fully saturated rings. The molecule has 0 bridgehead atoms. The number of hydrogen-bond donors (Lipinski definition) is 3. The molecular weight excluding hydrogens is 234 g/mol. The van der Waals surface area contributed by atoms with Crippen LogP contribution in [0.4, 0.5) is 11.4 Å². The molecule has 1 aromatic carbocycles. The van der Waals surface area contributed by atoms with Crippen molar-refractivity contribution in [2.45, 2.75) is 20.0 Å². The number of nitrogens with two attached hydrogens (primary N) is 1. The number of quaternary nitrogens is 2. The van der Waals surface area contributed by atoms with Gasteiger partial charge in [0.05, 0.1) is 0 Å². The zero-order chi connectivity index (χ0) is 12.9. The van der Waals surface area contributed by atoms with Crippen LogP contribution in [-0.4, -0.2) is 17.4 Å². The third kappa shape index (κ3) is 1.61. The van der Waals surface area contributed by atoms with Crippen molar-refractivity contribution in [3.05, 3.63) is 33.7 Å². The van der Waals surface area contributed by atoms with Crippen molar-refractivity contribution in [2.24, 2.45) is 10.8 Å². The molecule has 0 amide bonds. The van der Waals surface area contributed by atoms with Gasteiger partial charge in [0, 0.05) is 30.3 Å². The van der Waals surface area contributed by atoms with Gasteiger partial charge in [-0.1, -0.05) is 6.92 Å². The van der Waals surface area contributed by atoms with Gasteiger partial charge in [-0.2, -0.15) is 5.17 Å². The van der Waals surface area contributed by atoms with E-state index in [0.717, 1.165) is 30.8 Å². The minimum absolute atomic E-state index is 0.210. The lowest BCUT2D eigenvalue weighted by Gasteiger charge is -2.28. The Hall–Kier alpha value is -1.51. The third-order valence-electron chi connectivity index (χ3n) is 3.50. The van der Waals surface area contributed by atoms with E-state index in [1.54, 1.807) is 12.1 Å². The molecule has 1 aromatic rings. The minimum Gasteiger partial charge on any atom is -0.621 e. The number of fused-ring (bicyclic) bond motifs is 2. The van der Waals surface area contributed by atoms with E-state index in [4.69, 9.17) is 5.73 Å². The Labute approximate surface area is 104 Å². The first kappa shape index (κ1) is 11.6. The summed E-state index contributed by atoms with van der Waals surface area (Å²) in [4.78, 5) is 2.25. The molecule has 2 atom stereocenters. The van der Waals surface area contributed by atoms with Gasteiger partial charge >= 0.3 is 5.96 Å². The summed E-state index contributed by atoms with van der Waals surface area (Å²) in [5.41, 5.74) is 8.43. The van der Waals surface area contributed by atoms with Crippen molar-refractivity contribution in [3.63, 3.8) is 0 Å². The molecule has 18 heavy (non-hydrogen) atoms. The van der Waals surface area contributed by atoms with Crippen LogP contribution in [0.3, 0.4) is 0 Å². The molecule has 2 aliphatic rings. The van der Waals surface area contributed by atoms with E-state index in [1.165, 1.54) is 0 Å². The number of nitrogens with one attached hydrogen (secondary N) is 2. The fourth-order valence-corrected chi connectivity index (χ4v) is 2.47. The van der Waals surface area contributed by atoms with E-state index < -0.39 is 5.17 Å². The van der Waals surface area contributed by atoms with Gasteiger partial charge < -0.3 is 16.1 Å². The molecule has 2 unspecified atom stereocenters. The van der Waals surface area contributed by atoms with Gasteiger partial charge in [-0.25, -0.2) is 0 Å². The van der Waals surface area contributed by atoms with E-state index in [2.05, 4.69) is 16.9 Å². The second kappa shape index (κ2) is 4.01. The van der Waals surface area contributed by atoms with E-state index in [0.29, 0.717) is 11.4 Å². The highest BCUT2D eigenvalue weighted by molar-refractivity contribution is 5.75. The van der Waals surface area contributed by atoms with Gasteiger partial charge in [0.1, 0.15) is 0 Å². The van der Waals surface area contributed by atoms with Gasteiger partial charge in [-0.15, -0.1) is 0 Å². The van der Waals surface area contributed by atoms with Gasteiger partial charge in [-0.05, 0) is 17.7 Å². The van der Waals surface area contributed by atoms with Crippen molar-refractivity contribution < 1.29 is 10.2 Å². The van der Waals surface area contributed by atoms with Crippen molar-refractivity contribution in [1.29, 1.82) is 0 Å². The second-order valence-electron chi connectivity index (χ2n) is 4.60. The fourth-order valence-electron chi connectivity index (χ4n) is 2.47. The molecule has 3 rings (SSSR count). The highest BCUT2D eigenvalue weighted by Crippen LogP contribution is 2.28. The summed E-state index contributed by atoms with van der Waals surface area (Å²) >= 11 is 0. The van der Waals surface area contributed by atoms with Crippen molar-refractivity contribution in [1.82, 2.24) is 4.90 Å². The molecule has 4 N–H and O–H groups in total. The summed E-state index contributed by atoms with van der Waals surface area (Å²) in [6.07, 6.45) is 0. The maximum absolute atomic E-state index is 11.9. The number of hydrogen-bond acceptors (Lipinski definition) is 5. The normalized spacial score (nSPS) is 26.7. The molecule has 0 saturated heterocycles. The molecule has 0 spiro atoms. The van der Waals surface area contributed by atoms with Crippen LogP contribution in [0.2, 0.25) is 0 Å². The third-order valence-corrected chi connectivity index (χ3v) is 3.50. The largest absolute Gasteiger partial charge is 0.621 e. The Morgan fingerprint density at radius 1 is 1.28 bits per heavy atom. The summed E-state index contributed by atoms with van der Waals surface area (Å²) in [5, 5.41) is 26.5. The number of guanidine groups is 1. The molecule has 0 saturated carbocycles. The van der Waals surface area contributed by atoms with Crippen molar-refractivity contribution in [3.8, 4) is 0 Å². The zero-order valence-electron chi connectivity index (χ0n) is 10.1. The smallest absolute Gasteiger partial charge is 0.351 e. The predicted octanol–water partition coefficient (Wildman–Crippen LogP) is -1.71. The molecule has 7 heteroatoms. The van der Waals surface area contributed by atoms with Gasteiger partial charge in [0.25, 0.3) is 0 Å². The molecule has 2 heterocycles. The number of benzene rings is 1. The number of rotatable bonds is 1. The van der Waals surface area contributed by atoms with E-state index in [-0.39, 0.29) is 11.0 Å². The van der Waals surface area contributed by atoms with Gasteiger partial charge in [-0.3, -0.25) is 9.96 Å². The van der Waals surface area contributed by atoms with E-state index >= 15 is 0 Å². The van der Waals surface area contributed by atoms with Crippen LogP contribution in [0.1, 0.15) is 18.1 Å². The Morgan fingerprint density at radius 3 is 2.50 bits per heavy atom. The van der Waals surface area contributed by atoms with Gasteiger partial charge in [0.2, 0.25) is 11.4 Å². The first-order valence-electron chi connectivity index (χ1n) is 5.91. The second-order valence-corrected chi connectivity index (χ2v) is 4.60. The Balaban J connectivity index is 2.06.